The maximum Gasteiger partial charge on any atom is 0.419 e. The second-order valence-corrected chi connectivity index (χ2v) is 6.84. The minimum Gasteiger partial charge on any atom is -0.206 e. The average Bonchev–Trinajstić information content (AvgIpc) is 2.66. The first-order chi connectivity index (χ1) is 9.20. The molecule has 0 saturated heterocycles. The van der Waals surface area contributed by atoms with E-state index in [0.717, 1.165) is 27.5 Å². The van der Waals surface area contributed by atoms with Crippen molar-refractivity contribution < 1.29 is 17.6 Å². The van der Waals surface area contributed by atoms with Crippen LogP contribution in [0.25, 0.3) is 0 Å². The van der Waals surface area contributed by atoms with Gasteiger partial charge >= 0.3 is 6.18 Å². The smallest absolute Gasteiger partial charge is 0.206 e. The lowest BCUT2D eigenvalue weighted by Crippen LogP contribution is -2.09. The molecule has 0 bridgehead atoms. The standard InChI is InChI=1S/C14H11BrF4S/c1-7-5-10(8(2)20-7)13(15)9-3-4-12(16)11(6-9)14(17,18)19/h3-6,13H,1-2H3. The van der Waals surface area contributed by atoms with Crippen LogP contribution >= 0.6 is 27.3 Å². The zero-order valence-electron chi connectivity index (χ0n) is 10.7. The molecule has 0 amide bonds. The van der Waals surface area contributed by atoms with Gasteiger partial charge in [-0.2, -0.15) is 13.2 Å². The lowest BCUT2D eigenvalue weighted by molar-refractivity contribution is -0.140. The molecule has 0 spiro atoms. The predicted octanol–water partition coefficient (Wildman–Crippen LogP) is 6.01. The van der Waals surface area contributed by atoms with Crippen LogP contribution in [0.3, 0.4) is 0 Å². The van der Waals surface area contributed by atoms with Gasteiger partial charge in [0.25, 0.3) is 0 Å². The summed E-state index contributed by atoms with van der Waals surface area (Å²) >= 11 is 4.98. The van der Waals surface area contributed by atoms with Crippen molar-refractivity contribution in [3.05, 3.63) is 56.5 Å². The first-order valence-electron chi connectivity index (χ1n) is 5.78. The Kier molecular flexibility index (Phi) is 4.25. The van der Waals surface area contributed by atoms with Gasteiger partial charge in [-0.25, -0.2) is 4.39 Å². The maximum absolute atomic E-state index is 13.3. The van der Waals surface area contributed by atoms with Gasteiger partial charge in [-0.15, -0.1) is 11.3 Å². The van der Waals surface area contributed by atoms with Crippen molar-refractivity contribution >= 4 is 27.3 Å². The van der Waals surface area contributed by atoms with E-state index < -0.39 is 17.6 Å². The fraction of sp³-hybridized carbons (Fsp3) is 0.286. The van der Waals surface area contributed by atoms with E-state index >= 15 is 0 Å². The van der Waals surface area contributed by atoms with Crippen LogP contribution < -0.4 is 0 Å². The topological polar surface area (TPSA) is 0 Å². The highest BCUT2D eigenvalue weighted by molar-refractivity contribution is 9.09. The Morgan fingerprint density at radius 3 is 2.30 bits per heavy atom. The first-order valence-corrected chi connectivity index (χ1v) is 7.51. The second-order valence-electron chi connectivity index (χ2n) is 4.47. The molecular formula is C14H11BrF4S. The normalized spacial score (nSPS) is 13.6. The fourth-order valence-electron chi connectivity index (χ4n) is 2.00. The van der Waals surface area contributed by atoms with E-state index in [1.54, 1.807) is 11.3 Å². The first kappa shape index (κ1) is 15.5. The van der Waals surface area contributed by atoms with Crippen molar-refractivity contribution in [2.24, 2.45) is 0 Å². The molecule has 1 heterocycles. The highest BCUT2D eigenvalue weighted by atomic mass is 79.9. The van der Waals surface area contributed by atoms with Crippen LogP contribution in [0, 0.1) is 19.7 Å². The van der Waals surface area contributed by atoms with Crippen molar-refractivity contribution in [2.45, 2.75) is 24.9 Å². The number of hydrogen-bond donors (Lipinski definition) is 0. The van der Waals surface area contributed by atoms with E-state index in [0.29, 0.717) is 5.56 Å². The zero-order chi connectivity index (χ0) is 15.1. The summed E-state index contributed by atoms with van der Waals surface area (Å²) in [7, 11) is 0. The number of aryl methyl sites for hydroxylation is 2. The second kappa shape index (κ2) is 5.48. The van der Waals surface area contributed by atoms with Crippen molar-refractivity contribution in [2.75, 3.05) is 0 Å². The summed E-state index contributed by atoms with van der Waals surface area (Å²) < 4.78 is 51.5. The molecule has 0 saturated carbocycles. The predicted molar refractivity (Wildman–Crippen MR) is 76.0 cm³/mol. The van der Waals surface area contributed by atoms with E-state index in [1.165, 1.54) is 6.07 Å². The van der Waals surface area contributed by atoms with Crippen LogP contribution in [0.4, 0.5) is 17.6 Å². The number of alkyl halides is 4. The molecule has 0 aliphatic carbocycles. The molecule has 0 aliphatic rings. The summed E-state index contributed by atoms with van der Waals surface area (Å²) in [5.74, 6) is -1.25. The third-order valence-electron chi connectivity index (χ3n) is 2.94. The summed E-state index contributed by atoms with van der Waals surface area (Å²) in [5, 5.41) is 0. The lowest BCUT2D eigenvalue weighted by Gasteiger charge is -2.14. The molecule has 6 heteroatoms. The Morgan fingerprint density at radius 2 is 1.80 bits per heavy atom. The van der Waals surface area contributed by atoms with Crippen LogP contribution in [0.5, 0.6) is 0 Å². The zero-order valence-corrected chi connectivity index (χ0v) is 13.1. The molecule has 0 nitrogen and oxygen atoms in total. The maximum atomic E-state index is 13.3. The molecule has 108 valence electrons. The average molecular weight is 367 g/mol. The molecule has 0 aliphatic heterocycles. The molecule has 1 aromatic heterocycles. The van der Waals surface area contributed by atoms with Gasteiger partial charge in [0.2, 0.25) is 0 Å². The largest absolute Gasteiger partial charge is 0.419 e. The summed E-state index contributed by atoms with van der Waals surface area (Å²) in [5.41, 5.74) is 0.0657. The van der Waals surface area contributed by atoms with E-state index in [4.69, 9.17) is 0 Å². The Hall–Kier alpha value is -0.880. The van der Waals surface area contributed by atoms with Crippen molar-refractivity contribution in [3.8, 4) is 0 Å². The molecule has 2 aromatic rings. The quantitative estimate of drug-likeness (QED) is 0.451. The molecule has 20 heavy (non-hydrogen) atoms. The number of benzene rings is 1. The summed E-state index contributed by atoms with van der Waals surface area (Å²) in [4.78, 5) is 1.73. The minimum atomic E-state index is -4.69. The van der Waals surface area contributed by atoms with Gasteiger partial charge in [0.05, 0.1) is 10.4 Å². The number of rotatable bonds is 2. The SMILES string of the molecule is Cc1cc(C(Br)c2ccc(F)c(C(F)(F)F)c2)c(C)s1. The minimum absolute atomic E-state index is 0.380. The van der Waals surface area contributed by atoms with E-state index in [-0.39, 0.29) is 4.83 Å². The Labute approximate surface area is 126 Å². The third kappa shape index (κ3) is 3.06. The van der Waals surface area contributed by atoms with Crippen LogP contribution in [-0.4, -0.2) is 0 Å². The molecule has 0 fully saturated rings. The van der Waals surface area contributed by atoms with Gasteiger partial charge in [0.1, 0.15) is 5.82 Å². The van der Waals surface area contributed by atoms with Gasteiger partial charge < -0.3 is 0 Å². The van der Waals surface area contributed by atoms with Gasteiger partial charge in [-0.1, -0.05) is 22.0 Å². The Morgan fingerprint density at radius 1 is 1.15 bits per heavy atom. The van der Waals surface area contributed by atoms with Gasteiger partial charge in [0, 0.05) is 9.75 Å². The summed E-state index contributed by atoms with van der Waals surface area (Å²) in [6.45, 7) is 3.85. The fourth-order valence-corrected chi connectivity index (χ4v) is 3.87. The lowest BCUT2D eigenvalue weighted by atomic mass is 10.0. The molecule has 2 rings (SSSR count). The number of hydrogen-bond acceptors (Lipinski definition) is 1. The summed E-state index contributed by atoms with van der Waals surface area (Å²) in [6, 6.07) is 5.02. The summed E-state index contributed by atoms with van der Waals surface area (Å²) in [6.07, 6.45) is -4.69. The molecule has 1 atom stereocenters. The highest BCUT2D eigenvalue weighted by Gasteiger charge is 2.34. The Bertz CT molecular complexity index is 631. The van der Waals surface area contributed by atoms with E-state index in [2.05, 4.69) is 15.9 Å². The van der Waals surface area contributed by atoms with Crippen LogP contribution in [0.15, 0.2) is 24.3 Å². The highest BCUT2D eigenvalue weighted by Crippen LogP contribution is 2.39. The van der Waals surface area contributed by atoms with Crippen LogP contribution in [0.1, 0.15) is 31.3 Å². The van der Waals surface area contributed by atoms with Gasteiger partial charge in [-0.3, -0.25) is 0 Å². The van der Waals surface area contributed by atoms with Crippen molar-refractivity contribution in [1.29, 1.82) is 0 Å². The third-order valence-corrected chi connectivity index (χ3v) is 4.94. The van der Waals surface area contributed by atoms with E-state index in [9.17, 15) is 17.6 Å². The molecular weight excluding hydrogens is 356 g/mol. The van der Waals surface area contributed by atoms with Crippen LogP contribution in [0.2, 0.25) is 0 Å². The van der Waals surface area contributed by atoms with Crippen LogP contribution in [-0.2, 0) is 6.18 Å². The van der Waals surface area contributed by atoms with Gasteiger partial charge in [-0.05, 0) is 43.2 Å². The molecule has 0 N–H and O–H groups in total. The van der Waals surface area contributed by atoms with E-state index in [1.807, 2.05) is 19.9 Å². The monoisotopic (exact) mass is 366 g/mol. The number of halogens is 5. The number of thiophene rings is 1. The Balaban J connectivity index is 2.46. The molecule has 0 radical (unpaired) electrons. The van der Waals surface area contributed by atoms with Gasteiger partial charge in [0.15, 0.2) is 0 Å². The molecule has 1 unspecified atom stereocenters. The van der Waals surface area contributed by atoms with Crippen molar-refractivity contribution in [1.82, 2.24) is 0 Å². The molecule has 1 aromatic carbocycles. The van der Waals surface area contributed by atoms with Crippen molar-refractivity contribution in [3.63, 3.8) is 0 Å².